The number of amides is 1. The number of aromatic amines is 1. The Morgan fingerprint density at radius 2 is 2.19 bits per heavy atom. The van der Waals surface area contributed by atoms with Crippen molar-refractivity contribution in [2.75, 3.05) is 12.4 Å². The van der Waals surface area contributed by atoms with E-state index in [1.807, 2.05) is 20.0 Å². The van der Waals surface area contributed by atoms with Gasteiger partial charge in [0.2, 0.25) is 6.41 Å². The summed E-state index contributed by atoms with van der Waals surface area (Å²) in [6.45, 7) is 1.97. The molecule has 0 atom stereocenters. The molecule has 0 aromatic carbocycles. The van der Waals surface area contributed by atoms with E-state index < -0.39 is 0 Å². The first-order chi connectivity index (χ1) is 7.76. The molecule has 3 N–H and O–H groups in total. The SMILES string of the molecule is CNc1cc(C)[nH]n1.O=CNC1CCCC1. The van der Waals surface area contributed by atoms with Crippen LogP contribution in [0.3, 0.4) is 0 Å². The number of aromatic nitrogens is 2. The number of aryl methyl sites for hydroxylation is 1. The fourth-order valence-corrected chi connectivity index (χ4v) is 1.73. The lowest BCUT2D eigenvalue weighted by atomic mass is 10.3. The number of hydrogen-bond donors (Lipinski definition) is 3. The molecule has 0 aliphatic heterocycles. The molecule has 0 radical (unpaired) electrons. The summed E-state index contributed by atoms with van der Waals surface area (Å²) in [4.78, 5) is 9.85. The Kier molecular flexibility index (Phi) is 5.39. The van der Waals surface area contributed by atoms with Crippen molar-refractivity contribution in [1.29, 1.82) is 0 Å². The molecular weight excluding hydrogens is 204 g/mol. The van der Waals surface area contributed by atoms with Gasteiger partial charge in [-0.1, -0.05) is 12.8 Å². The van der Waals surface area contributed by atoms with E-state index in [0.29, 0.717) is 6.04 Å². The van der Waals surface area contributed by atoms with Gasteiger partial charge in [0.1, 0.15) is 5.82 Å². The minimum Gasteiger partial charge on any atom is -0.372 e. The topological polar surface area (TPSA) is 69.8 Å². The predicted octanol–water partition coefficient (Wildman–Crippen LogP) is 1.43. The third kappa shape index (κ3) is 4.33. The van der Waals surface area contributed by atoms with E-state index in [9.17, 15) is 4.79 Å². The van der Waals surface area contributed by atoms with Crippen molar-refractivity contribution in [2.45, 2.75) is 38.6 Å². The van der Waals surface area contributed by atoms with Crippen LogP contribution in [-0.4, -0.2) is 29.7 Å². The van der Waals surface area contributed by atoms with E-state index in [4.69, 9.17) is 0 Å². The summed E-state index contributed by atoms with van der Waals surface area (Å²) in [6.07, 6.45) is 5.73. The molecule has 16 heavy (non-hydrogen) atoms. The number of anilines is 1. The van der Waals surface area contributed by atoms with E-state index in [-0.39, 0.29) is 0 Å². The highest BCUT2D eigenvalue weighted by atomic mass is 16.1. The molecule has 5 nitrogen and oxygen atoms in total. The van der Waals surface area contributed by atoms with Crippen LogP contribution in [0.25, 0.3) is 0 Å². The molecule has 90 valence electrons. The third-order valence-electron chi connectivity index (χ3n) is 2.62. The standard InChI is InChI=1S/C6H11NO.C5H9N3/c8-5-7-6-3-1-2-4-6;1-4-3-5(6-2)8-7-4/h5-6H,1-4H2,(H,7,8);3H,1-2H3,(H2,6,7,8). The minimum absolute atomic E-state index is 0.493. The van der Waals surface area contributed by atoms with E-state index >= 15 is 0 Å². The molecular formula is C11H20N4O. The molecule has 5 heteroatoms. The van der Waals surface area contributed by atoms with Gasteiger partial charge in [-0.3, -0.25) is 9.89 Å². The average molecular weight is 224 g/mol. The predicted molar refractivity (Wildman–Crippen MR) is 64.3 cm³/mol. The zero-order valence-corrected chi connectivity index (χ0v) is 9.92. The van der Waals surface area contributed by atoms with Gasteiger partial charge in [-0.25, -0.2) is 0 Å². The molecule has 1 aliphatic carbocycles. The lowest BCUT2D eigenvalue weighted by Crippen LogP contribution is -2.23. The van der Waals surface area contributed by atoms with Gasteiger partial charge < -0.3 is 10.6 Å². The highest BCUT2D eigenvalue weighted by Crippen LogP contribution is 2.16. The number of carbonyl (C=O) groups excluding carboxylic acids is 1. The number of nitrogens with zero attached hydrogens (tertiary/aromatic N) is 1. The Morgan fingerprint density at radius 3 is 2.56 bits per heavy atom. The molecule has 1 fully saturated rings. The van der Waals surface area contributed by atoms with E-state index in [2.05, 4.69) is 20.8 Å². The maximum absolute atomic E-state index is 9.85. The van der Waals surface area contributed by atoms with Crippen molar-refractivity contribution < 1.29 is 4.79 Å². The van der Waals surface area contributed by atoms with Crippen LogP contribution in [0.5, 0.6) is 0 Å². The van der Waals surface area contributed by atoms with Crippen LogP contribution in [0.15, 0.2) is 6.07 Å². The summed E-state index contributed by atoms with van der Waals surface area (Å²) >= 11 is 0. The second-order valence-corrected chi connectivity index (χ2v) is 3.95. The lowest BCUT2D eigenvalue weighted by Gasteiger charge is -2.03. The third-order valence-corrected chi connectivity index (χ3v) is 2.62. The Morgan fingerprint density at radius 1 is 1.50 bits per heavy atom. The molecule has 1 saturated carbocycles. The molecule has 1 aromatic rings. The molecule has 0 unspecified atom stereocenters. The minimum atomic E-state index is 0.493. The number of hydrogen-bond acceptors (Lipinski definition) is 3. The van der Waals surface area contributed by atoms with E-state index in [1.54, 1.807) is 0 Å². The van der Waals surface area contributed by atoms with Crippen molar-refractivity contribution >= 4 is 12.2 Å². The molecule has 0 spiro atoms. The Labute approximate surface area is 96.0 Å². The molecule has 1 heterocycles. The molecule has 1 aromatic heterocycles. The maximum atomic E-state index is 9.85. The highest BCUT2D eigenvalue weighted by molar-refractivity contribution is 5.46. The average Bonchev–Trinajstić information content (AvgIpc) is 2.91. The number of carbonyl (C=O) groups is 1. The quantitative estimate of drug-likeness (QED) is 0.680. The zero-order chi connectivity index (χ0) is 11.8. The summed E-state index contributed by atoms with van der Waals surface area (Å²) in [6, 6.07) is 2.44. The summed E-state index contributed by atoms with van der Waals surface area (Å²) in [5.74, 6) is 0.891. The van der Waals surface area contributed by atoms with Crippen LogP contribution in [0, 0.1) is 6.92 Å². The van der Waals surface area contributed by atoms with Crippen LogP contribution in [-0.2, 0) is 4.79 Å². The lowest BCUT2D eigenvalue weighted by molar-refractivity contribution is -0.110. The molecule has 1 aliphatic rings. The second-order valence-electron chi connectivity index (χ2n) is 3.95. The number of H-pyrrole nitrogens is 1. The van der Waals surface area contributed by atoms with Crippen LogP contribution >= 0.6 is 0 Å². The van der Waals surface area contributed by atoms with Gasteiger partial charge in [-0.2, -0.15) is 5.10 Å². The molecule has 0 saturated heterocycles. The highest BCUT2D eigenvalue weighted by Gasteiger charge is 2.12. The summed E-state index contributed by atoms with van der Waals surface area (Å²) in [7, 11) is 1.84. The fourth-order valence-electron chi connectivity index (χ4n) is 1.73. The van der Waals surface area contributed by atoms with Crippen molar-refractivity contribution in [3.8, 4) is 0 Å². The van der Waals surface area contributed by atoms with Crippen LogP contribution in [0.2, 0.25) is 0 Å². The summed E-state index contributed by atoms with van der Waals surface area (Å²) in [5, 5.41) is 12.4. The monoisotopic (exact) mass is 224 g/mol. The van der Waals surface area contributed by atoms with Gasteiger partial charge in [-0.15, -0.1) is 0 Å². The summed E-state index contributed by atoms with van der Waals surface area (Å²) in [5.41, 5.74) is 1.08. The van der Waals surface area contributed by atoms with Gasteiger partial charge in [0.25, 0.3) is 0 Å². The van der Waals surface area contributed by atoms with Crippen LogP contribution < -0.4 is 10.6 Å². The number of nitrogens with one attached hydrogen (secondary N) is 3. The van der Waals surface area contributed by atoms with Gasteiger partial charge in [0, 0.05) is 24.8 Å². The van der Waals surface area contributed by atoms with E-state index in [1.165, 1.54) is 25.7 Å². The van der Waals surface area contributed by atoms with Gasteiger partial charge >= 0.3 is 0 Å². The molecule has 2 rings (SSSR count). The molecule has 0 bridgehead atoms. The normalized spacial score (nSPS) is 15.1. The first kappa shape index (κ1) is 12.5. The van der Waals surface area contributed by atoms with Crippen molar-refractivity contribution in [2.24, 2.45) is 0 Å². The smallest absolute Gasteiger partial charge is 0.207 e. The maximum Gasteiger partial charge on any atom is 0.207 e. The van der Waals surface area contributed by atoms with Gasteiger partial charge in [0.05, 0.1) is 0 Å². The first-order valence-corrected chi connectivity index (χ1v) is 5.65. The van der Waals surface area contributed by atoms with Gasteiger partial charge in [-0.05, 0) is 19.8 Å². The summed E-state index contributed by atoms with van der Waals surface area (Å²) < 4.78 is 0. The second kappa shape index (κ2) is 6.87. The van der Waals surface area contributed by atoms with Crippen molar-refractivity contribution in [3.05, 3.63) is 11.8 Å². The van der Waals surface area contributed by atoms with Crippen LogP contribution in [0.1, 0.15) is 31.4 Å². The van der Waals surface area contributed by atoms with E-state index in [0.717, 1.165) is 17.9 Å². The van der Waals surface area contributed by atoms with Gasteiger partial charge in [0.15, 0.2) is 0 Å². The van der Waals surface area contributed by atoms with Crippen LogP contribution in [0.4, 0.5) is 5.82 Å². The largest absolute Gasteiger partial charge is 0.372 e. The zero-order valence-electron chi connectivity index (χ0n) is 9.92. The molecule has 1 amide bonds. The Hall–Kier alpha value is -1.52. The number of rotatable bonds is 3. The Bertz CT molecular complexity index is 305. The Balaban J connectivity index is 0.000000160. The first-order valence-electron chi connectivity index (χ1n) is 5.65. The van der Waals surface area contributed by atoms with Crippen molar-refractivity contribution in [3.63, 3.8) is 0 Å². The van der Waals surface area contributed by atoms with Crippen molar-refractivity contribution in [1.82, 2.24) is 15.5 Å². The fraction of sp³-hybridized carbons (Fsp3) is 0.636.